The summed E-state index contributed by atoms with van der Waals surface area (Å²) in [5.74, 6) is -0.412. The predicted octanol–water partition coefficient (Wildman–Crippen LogP) is 3.26. The Hall–Kier alpha value is -2.76. The first-order valence-electron chi connectivity index (χ1n) is 8.67. The first-order valence-corrected chi connectivity index (χ1v) is 8.67. The molecule has 0 bridgehead atoms. The lowest BCUT2D eigenvalue weighted by atomic mass is 9.90. The monoisotopic (exact) mass is 355 g/mol. The number of hydrogen-bond acceptors (Lipinski definition) is 3. The Kier molecular flexibility index (Phi) is 4.76. The van der Waals surface area contributed by atoms with E-state index < -0.39 is 5.54 Å². The molecule has 1 N–H and O–H groups in total. The van der Waals surface area contributed by atoms with Crippen LogP contribution in [0.3, 0.4) is 0 Å². The van der Waals surface area contributed by atoms with E-state index in [1.807, 2.05) is 19.9 Å². The van der Waals surface area contributed by atoms with Crippen LogP contribution in [0.15, 0.2) is 53.2 Å². The van der Waals surface area contributed by atoms with Crippen molar-refractivity contribution in [1.82, 2.24) is 10.2 Å². The molecule has 2 aliphatic rings. The fourth-order valence-corrected chi connectivity index (χ4v) is 3.26. The smallest absolute Gasteiger partial charge is 0.250 e. The number of benzene rings is 1. The maximum Gasteiger partial charge on any atom is 0.250 e. The SMILES string of the molecule is CC[C@@H](NC(=O)[C@]1(C)CC(=O)N=C2C=C(C)C=CN21)c1ccc(F)cc1. The second-order valence-corrected chi connectivity index (χ2v) is 6.87. The summed E-state index contributed by atoms with van der Waals surface area (Å²) < 4.78 is 13.2. The molecule has 2 heterocycles. The van der Waals surface area contributed by atoms with E-state index >= 15 is 0 Å². The molecule has 5 nitrogen and oxygen atoms in total. The summed E-state index contributed by atoms with van der Waals surface area (Å²) in [7, 11) is 0. The fraction of sp³-hybridized carbons (Fsp3) is 0.350. The first kappa shape index (κ1) is 18.0. The van der Waals surface area contributed by atoms with Gasteiger partial charge in [-0.2, -0.15) is 4.99 Å². The van der Waals surface area contributed by atoms with Gasteiger partial charge in [-0.3, -0.25) is 9.59 Å². The van der Waals surface area contributed by atoms with Gasteiger partial charge in [0, 0.05) is 6.20 Å². The Morgan fingerprint density at radius 3 is 2.73 bits per heavy atom. The Balaban J connectivity index is 1.86. The van der Waals surface area contributed by atoms with Gasteiger partial charge in [0.1, 0.15) is 17.2 Å². The van der Waals surface area contributed by atoms with Crippen LogP contribution in [0.5, 0.6) is 0 Å². The minimum atomic E-state index is -1.06. The number of rotatable bonds is 4. The van der Waals surface area contributed by atoms with E-state index in [-0.39, 0.29) is 30.1 Å². The van der Waals surface area contributed by atoms with Gasteiger partial charge in [-0.25, -0.2) is 4.39 Å². The number of allylic oxidation sites excluding steroid dienone is 2. The number of nitrogens with one attached hydrogen (secondary N) is 1. The van der Waals surface area contributed by atoms with E-state index in [0.717, 1.165) is 11.1 Å². The van der Waals surface area contributed by atoms with Crippen molar-refractivity contribution in [3.05, 3.63) is 59.6 Å². The van der Waals surface area contributed by atoms with Crippen molar-refractivity contribution < 1.29 is 14.0 Å². The molecule has 0 spiro atoms. The molecule has 0 radical (unpaired) electrons. The second-order valence-electron chi connectivity index (χ2n) is 6.87. The van der Waals surface area contributed by atoms with Crippen LogP contribution in [-0.2, 0) is 9.59 Å². The maximum atomic E-state index is 13.2. The maximum absolute atomic E-state index is 13.2. The zero-order chi connectivity index (χ0) is 18.9. The summed E-state index contributed by atoms with van der Waals surface area (Å²) >= 11 is 0. The van der Waals surface area contributed by atoms with Crippen LogP contribution in [-0.4, -0.2) is 28.1 Å². The van der Waals surface area contributed by atoms with Gasteiger partial charge in [-0.15, -0.1) is 0 Å². The Bertz CT molecular complexity index is 826. The molecule has 1 aromatic carbocycles. The van der Waals surface area contributed by atoms with Crippen molar-refractivity contribution in [2.24, 2.45) is 4.99 Å². The number of fused-ring (bicyclic) bond motifs is 1. The van der Waals surface area contributed by atoms with Gasteiger partial charge in [-0.05, 0) is 55.7 Å². The van der Waals surface area contributed by atoms with Gasteiger partial charge in [0.15, 0.2) is 0 Å². The number of amidine groups is 1. The standard InChI is InChI=1S/C20H22FN3O2/c1-4-16(14-5-7-15(21)8-6-14)22-19(26)20(3)12-18(25)23-17-11-13(2)9-10-24(17)20/h5-11,16H,4,12H2,1-3H3,(H,22,26)/t16-,20+/m1/s1. The lowest BCUT2D eigenvalue weighted by molar-refractivity contribution is -0.135. The highest BCUT2D eigenvalue weighted by Crippen LogP contribution is 2.30. The zero-order valence-corrected chi connectivity index (χ0v) is 15.1. The quantitative estimate of drug-likeness (QED) is 0.902. The Labute approximate surface area is 152 Å². The average molecular weight is 355 g/mol. The van der Waals surface area contributed by atoms with Gasteiger partial charge in [0.05, 0.1) is 12.5 Å². The van der Waals surface area contributed by atoms with Crippen LogP contribution < -0.4 is 5.32 Å². The number of hydrogen-bond donors (Lipinski definition) is 1. The number of aliphatic imine (C=N–C) groups is 1. The van der Waals surface area contributed by atoms with E-state index in [9.17, 15) is 14.0 Å². The molecule has 0 fully saturated rings. The van der Waals surface area contributed by atoms with Gasteiger partial charge >= 0.3 is 0 Å². The van der Waals surface area contributed by atoms with Crippen LogP contribution in [0, 0.1) is 5.82 Å². The van der Waals surface area contributed by atoms with Crippen LogP contribution in [0.4, 0.5) is 4.39 Å². The first-order chi connectivity index (χ1) is 12.3. The fourth-order valence-electron chi connectivity index (χ4n) is 3.26. The van der Waals surface area contributed by atoms with Gasteiger partial charge < -0.3 is 10.2 Å². The van der Waals surface area contributed by atoms with Crippen molar-refractivity contribution in [1.29, 1.82) is 0 Å². The average Bonchev–Trinajstić information content (AvgIpc) is 2.59. The van der Waals surface area contributed by atoms with E-state index in [1.165, 1.54) is 12.1 Å². The van der Waals surface area contributed by atoms with Crippen LogP contribution in [0.2, 0.25) is 0 Å². The molecule has 1 aromatic rings. The zero-order valence-electron chi connectivity index (χ0n) is 15.1. The summed E-state index contributed by atoms with van der Waals surface area (Å²) in [6, 6.07) is 5.82. The molecule has 0 saturated carbocycles. The molecular formula is C20H22FN3O2. The molecule has 0 saturated heterocycles. The third-order valence-corrected chi connectivity index (χ3v) is 4.83. The molecule has 2 amide bonds. The Morgan fingerprint density at radius 2 is 2.08 bits per heavy atom. The van der Waals surface area contributed by atoms with Crippen molar-refractivity contribution >= 4 is 17.6 Å². The van der Waals surface area contributed by atoms with E-state index in [2.05, 4.69) is 10.3 Å². The molecule has 3 rings (SSSR count). The summed E-state index contributed by atoms with van der Waals surface area (Å²) in [4.78, 5) is 31.0. The number of nitrogens with zero attached hydrogens (tertiary/aromatic N) is 2. The topological polar surface area (TPSA) is 61.8 Å². The van der Waals surface area contributed by atoms with Crippen molar-refractivity contribution in [3.63, 3.8) is 0 Å². The van der Waals surface area contributed by atoms with E-state index in [1.54, 1.807) is 36.2 Å². The van der Waals surface area contributed by atoms with Crippen LogP contribution in [0.25, 0.3) is 0 Å². The summed E-state index contributed by atoms with van der Waals surface area (Å²) in [5, 5.41) is 3.01. The van der Waals surface area contributed by atoms with Crippen LogP contribution in [0.1, 0.15) is 45.2 Å². The lowest BCUT2D eigenvalue weighted by Crippen LogP contribution is -2.60. The number of amides is 2. The molecule has 0 aromatic heterocycles. The van der Waals surface area contributed by atoms with Gasteiger partial charge in [0.2, 0.25) is 5.91 Å². The molecule has 2 atom stereocenters. The molecule has 26 heavy (non-hydrogen) atoms. The minimum Gasteiger partial charge on any atom is -0.347 e. The molecule has 2 aliphatic heterocycles. The molecule has 6 heteroatoms. The van der Waals surface area contributed by atoms with Crippen molar-refractivity contribution in [2.45, 2.75) is 45.2 Å². The summed E-state index contributed by atoms with van der Waals surface area (Å²) in [6.07, 6.45) is 6.12. The number of carbonyl (C=O) groups is 2. The number of carbonyl (C=O) groups excluding carboxylic acids is 2. The normalized spacial score (nSPS) is 23.1. The van der Waals surface area contributed by atoms with Gasteiger partial charge in [-0.1, -0.05) is 19.1 Å². The summed E-state index contributed by atoms with van der Waals surface area (Å²) in [6.45, 7) is 5.60. The molecule has 136 valence electrons. The highest BCUT2D eigenvalue weighted by atomic mass is 19.1. The largest absolute Gasteiger partial charge is 0.347 e. The van der Waals surface area contributed by atoms with Crippen molar-refractivity contribution in [2.75, 3.05) is 0 Å². The van der Waals surface area contributed by atoms with Gasteiger partial charge in [0.25, 0.3) is 5.91 Å². The molecular weight excluding hydrogens is 333 g/mol. The van der Waals surface area contributed by atoms with E-state index in [0.29, 0.717) is 12.3 Å². The third kappa shape index (κ3) is 3.31. The molecule has 0 aliphatic carbocycles. The third-order valence-electron chi connectivity index (χ3n) is 4.83. The highest BCUT2D eigenvalue weighted by molar-refractivity contribution is 6.10. The number of halogens is 1. The van der Waals surface area contributed by atoms with E-state index in [4.69, 9.17) is 0 Å². The van der Waals surface area contributed by atoms with Crippen molar-refractivity contribution in [3.8, 4) is 0 Å². The summed E-state index contributed by atoms with van der Waals surface area (Å²) in [5.41, 5.74) is 0.733. The lowest BCUT2D eigenvalue weighted by Gasteiger charge is -2.42. The second kappa shape index (κ2) is 6.86. The Morgan fingerprint density at radius 1 is 1.38 bits per heavy atom. The van der Waals surface area contributed by atoms with Crippen LogP contribution >= 0.6 is 0 Å². The highest BCUT2D eigenvalue weighted by Gasteiger charge is 2.45. The predicted molar refractivity (Wildman–Crippen MR) is 97.8 cm³/mol. The molecule has 0 unspecified atom stereocenters. The minimum absolute atomic E-state index is 0.000582.